The molecule has 1 amide bonds. The molecule has 0 saturated heterocycles. The zero-order valence-electron chi connectivity index (χ0n) is 10.7. The third-order valence-corrected chi connectivity index (χ3v) is 4.39. The molecule has 0 fully saturated rings. The predicted molar refractivity (Wildman–Crippen MR) is 74.2 cm³/mol. The topological polar surface area (TPSA) is 69.8 Å². The van der Waals surface area contributed by atoms with E-state index in [9.17, 15) is 4.79 Å². The number of carbonyl (C=O) groups excluding carboxylic acids is 1. The maximum Gasteiger partial charge on any atom is 0.272 e. The Balaban J connectivity index is 1.75. The van der Waals surface area contributed by atoms with Crippen LogP contribution in [0.1, 0.15) is 39.6 Å². The third kappa shape index (κ3) is 2.41. The Morgan fingerprint density at radius 3 is 3.26 bits per heavy atom. The van der Waals surface area contributed by atoms with Crippen LogP contribution in [0.5, 0.6) is 0 Å². The second-order valence-corrected chi connectivity index (χ2v) is 5.65. The summed E-state index contributed by atoms with van der Waals surface area (Å²) in [7, 11) is 0. The van der Waals surface area contributed by atoms with Crippen LogP contribution in [-0.4, -0.2) is 22.6 Å². The molecule has 5 nitrogen and oxygen atoms in total. The molecule has 0 spiro atoms. The van der Waals surface area contributed by atoms with Crippen molar-refractivity contribution >= 4 is 17.2 Å². The fourth-order valence-electron chi connectivity index (χ4n) is 2.29. The summed E-state index contributed by atoms with van der Waals surface area (Å²) in [6.45, 7) is 3.63. The first-order valence-electron chi connectivity index (χ1n) is 6.37. The second-order valence-electron chi connectivity index (χ2n) is 4.67. The molecule has 1 aliphatic rings. The summed E-state index contributed by atoms with van der Waals surface area (Å²) < 4.78 is 0. The number of hydrogen-bond acceptors (Lipinski definition) is 4. The van der Waals surface area contributed by atoms with Gasteiger partial charge >= 0.3 is 0 Å². The Labute approximate surface area is 115 Å². The summed E-state index contributed by atoms with van der Waals surface area (Å²) in [5, 5.41) is 15.4. The van der Waals surface area contributed by atoms with Gasteiger partial charge in [0.2, 0.25) is 0 Å². The number of rotatable bonds is 3. The maximum atomic E-state index is 12.3. The Bertz CT molecular complexity index is 575. The zero-order valence-corrected chi connectivity index (χ0v) is 11.5. The van der Waals surface area contributed by atoms with E-state index in [0.717, 1.165) is 29.1 Å². The molecular formula is C13H16N4OS. The summed E-state index contributed by atoms with van der Waals surface area (Å²) in [6.07, 6.45) is 0.899. The maximum absolute atomic E-state index is 12.3. The molecule has 6 heteroatoms. The van der Waals surface area contributed by atoms with Gasteiger partial charge in [-0.15, -0.1) is 11.3 Å². The quantitative estimate of drug-likeness (QED) is 0.797. The summed E-state index contributed by atoms with van der Waals surface area (Å²) in [5.74, 6) is -0.109. The molecule has 3 N–H and O–H groups in total. The number of aromatic amines is 1. The molecule has 0 saturated carbocycles. The van der Waals surface area contributed by atoms with Gasteiger partial charge in [0.25, 0.3) is 5.91 Å². The van der Waals surface area contributed by atoms with Crippen molar-refractivity contribution in [2.45, 2.75) is 25.9 Å². The highest BCUT2D eigenvalue weighted by Crippen LogP contribution is 2.20. The molecule has 0 bridgehead atoms. The fourth-order valence-corrected chi connectivity index (χ4v) is 3.02. The standard InChI is InChI=1S/C13H16N4OS/c1-8(11-3-2-6-19-11)15-13(18)12-9-7-14-5-4-10(9)16-17-12/h2-3,6,8,14H,4-5,7H2,1H3,(H,15,18)(H,16,17). The average Bonchev–Trinajstić information content (AvgIpc) is 3.08. The average molecular weight is 276 g/mol. The van der Waals surface area contributed by atoms with Gasteiger partial charge in [-0.1, -0.05) is 6.07 Å². The molecule has 0 aromatic carbocycles. The smallest absolute Gasteiger partial charge is 0.272 e. The Morgan fingerprint density at radius 1 is 1.58 bits per heavy atom. The lowest BCUT2D eigenvalue weighted by Crippen LogP contribution is -2.29. The second kappa shape index (κ2) is 5.14. The molecule has 100 valence electrons. The van der Waals surface area contributed by atoms with Gasteiger partial charge in [0, 0.05) is 35.6 Å². The van der Waals surface area contributed by atoms with Crippen LogP contribution in [0.3, 0.4) is 0 Å². The van der Waals surface area contributed by atoms with E-state index in [1.54, 1.807) is 11.3 Å². The van der Waals surface area contributed by atoms with Crippen molar-refractivity contribution in [1.29, 1.82) is 0 Å². The Hall–Kier alpha value is -1.66. The molecule has 19 heavy (non-hydrogen) atoms. The molecule has 1 aliphatic heterocycles. The lowest BCUT2D eigenvalue weighted by molar-refractivity contribution is 0.0934. The van der Waals surface area contributed by atoms with Gasteiger partial charge in [0.05, 0.1) is 6.04 Å². The van der Waals surface area contributed by atoms with Crippen molar-refractivity contribution in [2.24, 2.45) is 0 Å². The number of nitrogens with zero attached hydrogens (tertiary/aromatic N) is 1. The molecule has 0 radical (unpaired) electrons. The molecule has 1 unspecified atom stereocenters. The monoisotopic (exact) mass is 276 g/mol. The Morgan fingerprint density at radius 2 is 2.47 bits per heavy atom. The van der Waals surface area contributed by atoms with E-state index in [0.29, 0.717) is 12.2 Å². The van der Waals surface area contributed by atoms with Crippen molar-refractivity contribution in [3.8, 4) is 0 Å². The van der Waals surface area contributed by atoms with Gasteiger partial charge in [-0.3, -0.25) is 9.89 Å². The van der Waals surface area contributed by atoms with Crippen molar-refractivity contribution in [3.63, 3.8) is 0 Å². The van der Waals surface area contributed by atoms with Crippen LogP contribution in [-0.2, 0) is 13.0 Å². The number of H-pyrrole nitrogens is 1. The minimum Gasteiger partial charge on any atom is -0.343 e. The molecule has 2 aromatic rings. The van der Waals surface area contributed by atoms with Gasteiger partial charge < -0.3 is 10.6 Å². The molecule has 0 aliphatic carbocycles. The first-order valence-corrected chi connectivity index (χ1v) is 7.25. The van der Waals surface area contributed by atoms with E-state index in [2.05, 4.69) is 20.8 Å². The van der Waals surface area contributed by atoms with Gasteiger partial charge in [-0.2, -0.15) is 5.10 Å². The number of nitrogens with one attached hydrogen (secondary N) is 3. The van der Waals surface area contributed by atoms with E-state index in [-0.39, 0.29) is 11.9 Å². The summed E-state index contributed by atoms with van der Waals surface area (Å²) in [6, 6.07) is 4.02. The SMILES string of the molecule is CC(NC(=O)c1n[nH]c2c1CNCC2)c1cccs1. The summed E-state index contributed by atoms with van der Waals surface area (Å²) in [5.41, 5.74) is 2.60. The molecule has 1 atom stereocenters. The zero-order chi connectivity index (χ0) is 13.2. The van der Waals surface area contributed by atoms with Gasteiger partial charge in [0.1, 0.15) is 0 Å². The van der Waals surface area contributed by atoms with Crippen LogP contribution in [0.2, 0.25) is 0 Å². The molecule has 3 heterocycles. The fraction of sp³-hybridized carbons (Fsp3) is 0.385. The van der Waals surface area contributed by atoms with E-state index in [1.807, 2.05) is 24.4 Å². The summed E-state index contributed by atoms with van der Waals surface area (Å²) >= 11 is 1.64. The highest BCUT2D eigenvalue weighted by molar-refractivity contribution is 7.10. The van der Waals surface area contributed by atoms with E-state index >= 15 is 0 Å². The number of carbonyl (C=O) groups is 1. The van der Waals surface area contributed by atoms with Crippen LogP contribution in [0.4, 0.5) is 0 Å². The summed E-state index contributed by atoms with van der Waals surface area (Å²) in [4.78, 5) is 13.4. The largest absolute Gasteiger partial charge is 0.343 e. The molecule has 3 rings (SSSR count). The van der Waals surface area contributed by atoms with Gasteiger partial charge in [-0.25, -0.2) is 0 Å². The first kappa shape index (κ1) is 12.4. The van der Waals surface area contributed by atoms with Crippen molar-refractivity contribution in [2.75, 3.05) is 6.54 Å². The van der Waals surface area contributed by atoms with E-state index < -0.39 is 0 Å². The Kier molecular flexibility index (Phi) is 3.35. The number of amides is 1. The van der Waals surface area contributed by atoms with Crippen LogP contribution in [0.15, 0.2) is 17.5 Å². The normalized spacial score (nSPS) is 15.8. The lowest BCUT2D eigenvalue weighted by Gasteiger charge is -2.14. The number of fused-ring (bicyclic) bond motifs is 1. The van der Waals surface area contributed by atoms with Crippen LogP contribution in [0.25, 0.3) is 0 Å². The van der Waals surface area contributed by atoms with Crippen LogP contribution >= 0.6 is 11.3 Å². The predicted octanol–water partition coefficient (Wildman–Crippen LogP) is 1.61. The first-order chi connectivity index (χ1) is 9.25. The number of thiophene rings is 1. The van der Waals surface area contributed by atoms with Crippen LogP contribution in [0, 0.1) is 0 Å². The molecule has 2 aromatic heterocycles. The number of aromatic nitrogens is 2. The third-order valence-electron chi connectivity index (χ3n) is 3.34. The highest BCUT2D eigenvalue weighted by Gasteiger charge is 2.22. The van der Waals surface area contributed by atoms with Crippen LogP contribution < -0.4 is 10.6 Å². The van der Waals surface area contributed by atoms with Crippen molar-refractivity contribution in [3.05, 3.63) is 39.3 Å². The molecular weight excluding hydrogens is 260 g/mol. The number of hydrogen-bond donors (Lipinski definition) is 3. The lowest BCUT2D eigenvalue weighted by atomic mass is 10.1. The minimum absolute atomic E-state index is 0.0106. The van der Waals surface area contributed by atoms with Gasteiger partial charge in [0.15, 0.2) is 5.69 Å². The van der Waals surface area contributed by atoms with E-state index in [1.165, 1.54) is 0 Å². The van der Waals surface area contributed by atoms with Crippen molar-refractivity contribution < 1.29 is 4.79 Å². The van der Waals surface area contributed by atoms with Crippen molar-refractivity contribution in [1.82, 2.24) is 20.8 Å². The minimum atomic E-state index is -0.109. The highest BCUT2D eigenvalue weighted by atomic mass is 32.1. The van der Waals surface area contributed by atoms with Gasteiger partial charge in [-0.05, 0) is 18.4 Å². The van der Waals surface area contributed by atoms with E-state index in [4.69, 9.17) is 0 Å².